The average molecular weight is 423 g/mol. The molecule has 1 heterocycles. The molecule has 6 heteroatoms. The lowest BCUT2D eigenvalue weighted by Crippen LogP contribution is -2.32. The Morgan fingerprint density at radius 2 is 1.52 bits per heavy atom. The summed E-state index contributed by atoms with van der Waals surface area (Å²) in [7, 11) is 0. The van der Waals surface area contributed by atoms with Gasteiger partial charge in [-0.3, -0.25) is 14.5 Å². The van der Waals surface area contributed by atoms with Crippen molar-refractivity contribution in [1.82, 2.24) is 0 Å². The smallest absolute Gasteiger partial charge is 0.294 e. The lowest BCUT2D eigenvalue weighted by molar-refractivity contribution is -0.123. The van der Waals surface area contributed by atoms with E-state index in [9.17, 15) is 19.8 Å². The second kappa shape index (κ2) is 8.46. The fourth-order valence-corrected chi connectivity index (χ4v) is 3.89. The molecular formula is C25H30N2O4. The summed E-state index contributed by atoms with van der Waals surface area (Å²) in [5, 5.41) is 20.4. The third kappa shape index (κ3) is 4.15. The first-order chi connectivity index (χ1) is 14.6. The number of nitrogens with zero attached hydrogens (tertiary/aromatic N) is 2. The van der Waals surface area contributed by atoms with Crippen LogP contribution in [0.3, 0.4) is 0 Å². The van der Waals surface area contributed by atoms with Crippen LogP contribution < -0.4 is 9.80 Å². The zero-order valence-corrected chi connectivity index (χ0v) is 18.7. The van der Waals surface area contributed by atoms with Crippen LogP contribution in [0.4, 0.5) is 11.4 Å². The van der Waals surface area contributed by atoms with Gasteiger partial charge in [0.1, 0.15) is 5.75 Å². The standard InChI is InChI=1S/C25H30N2O4/c1-6-26(7-2)17-10-12-18(13-11-17)27-21(16-8-14-19(28)15-9-16)20(22(29)24(27)31)23(30)25(3,4)5/h8-15,21,28-29H,6-7H2,1-5H3. The van der Waals surface area contributed by atoms with E-state index in [1.54, 1.807) is 32.9 Å². The molecule has 31 heavy (non-hydrogen) atoms. The molecule has 2 aromatic rings. The normalized spacial score (nSPS) is 16.7. The summed E-state index contributed by atoms with van der Waals surface area (Å²) < 4.78 is 0. The first kappa shape index (κ1) is 22.4. The number of rotatable bonds is 6. The lowest BCUT2D eigenvalue weighted by Gasteiger charge is -2.29. The summed E-state index contributed by atoms with van der Waals surface area (Å²) in [6.45, 7) is 11.2. The first-order valence-corrected chi connectivity index (χ1v) is 10.6. The second-order valence-corrected chi connectivity index (χ2v) is 8.70. The van der Waals surface area contributed by atoms with E-state index in [4.69, 9.17) is 0 Å². The zero-order chi connectivity index (χ0) is 22.9. The van der Waals surface area contributed by atoms with Crippen molar-refractivity contribution in [3.05, 3.63) is 65.4 Å². The molecule has 0 fully saturated rings. The molecule has 1 atom stereocenters. The monoisotopic (exact) mass is 422 g/mol. The summed E-state index contributed by atoms with van der Waals surface area (Å²) in [6.07, 6.45) is 0. The predicted molar refractivity (Wildman–Crippen MR) is 122 cm³/mol. The Labute approximate surface area is 183 Å². The van der Waals surface area contributed by atoms with E-state index in [-0.39, 0.29) is 17.1 Å². The number of aliphatic hydroxyl groups is 1. The molecule has 3 rings (SSSR count). The van der Waals surface area contributed by atoms with Gasteiger partial charge in [-0.2, -0.15) is 0 Å². The molecule has 0 aromatic heterocycles. The Morgan fingerprint density at radius 3 is 2.00 bits per heavy atom. The van der Waals surface area contributed by atoms with Gasteiger partial charge < -0.3 is 15.1 Å². The van der Waals surface area contributed by atoms with Gasteiger partial charge >= 0.3 is 0 Å². The minimum Gasteiger partial charge on any atom is -0.508 e. The fraction of sp³-hybridized carbons (Fsp3) is 0.360. The van der Waals surface area contributed by atoms with Crippen LogP contribution in [0, 0.1) is 5.41 Å². The van der Waals surface area contributed by atoms with Gasteiger partial charge in [0.25, 0.3) is 5.91 Å². The number of Topliss-reactive ketones (excluding diaryl/α,β-unsaturated/α-hetero) is 1. The Bertz CT molecular complexity index is 997. The number of aromatic hydroxyl groups is 1. The van der Waals surface area contributed by atoms with Crippen molar-refractivity contribution >= 4 is 23.1 Å². The van der Waals surface area contributed by atoms with Crippen LogP contribution in [-0.4, -0.2) is 35.0 Å². The van der Waals surface area contributed by atoms with Crippen LogP contribution in [-0.2, 0) is 9.59 Å². The second-order valence-electron chi connectivity index (χ2n) is 8.70. The van der Waals surface area contributed by atoms with Gasteiger partial charge in [0.2, 0.25) is 0 Å². The van der Waals surface area contributed by atoms with Gasteiger partial charge in [-0.25, -0.2) is 0 Å². The number of hydrogen-bond acceptors (Lipinski definition) is 5. The van der Waals surface area contributed by atoms with E-state index >= 15 is 0 Å². The maximum Gasteiger partial charge on any atom is 0.294 e. The highest BCUT2D eigenvalue weighted by molar-refractivity contribution is 6.17. The summed E-state index contributed by atoms with van der Waals surface area (Å²) in [5.74, 6) is -1.34. The van der Waals surface area contributed by atoms with E-state index < -0.39 is 23.1 Å². The largest absolute Gasteiger partial charge is 0.508 e. The van der Waals surface area contributed by atoms with Crippen LogP contribution in [0.2, 0.25) is 0 Å². The molecule has 2 N–H and O–H groups in total. The van der Waals surface area contributed by atoms with E-state index in [0.29, 0.717) is 11.3 Å². The Kier molecular flexibility index (Phi) is 6.11. The number of hydrogen-bond donors (Lipinski definition) is 2. The molecular weight excluding hydrogens is 392 g/mol. The molecule has 2 aromatic carbocycles. The van der Waals surface area contributed by atoms with E-state index in [1.165, 1.54) is 17.0 Å². The third-order valence-electron chi connectivity index (χ3n) is 5.60. The lowest BCUT2D eigenvalue weighted by atomic mass is 9.82. The zero-order valence-electron chi connectivity index (χ0n) is 18.7. The number of aliphatic hydroxyl groups excluding tert-OH is 1. The number of ketones is 1. The number of phenolic OH excluding ortho intramolecular Hbond substituents is 1. The van der Waals surface area contributed by atoms with Gasteiger partial charge in [-0.05, 0) is 55.8 Å². The molecule has 6 nitrogen and oxygen atoms in total. The summed E-state index contributed by atoms with van der Waals surface area (Å²) >= 11 is 0. The summed E-state index contributed by atoms with van der Waals surface area (Å²) in [5.41, 5.74) is 1.56. The molecule has 0 radical (unpaired) electrons. The van der Waals surface area contributed by atoms with Gasteiger partial charge in [0.05, 0.1) is 11.6 Å². The molecule has 1 amide bonds. The van der Waals surface area contributed by atoms with Crippen molar-refractivity contribution in [2.24, 2.45) is 5.41 Å². The molecule has 0 spiro atoms. The highest BCUT2D eigenvalue weighted by Crippen LogP contribution is 2.43. The van der Waals surface area contributed by atoms with E-state index in [0.717, 1.165) is 18.8 Å². The third-order valence-corrected chi connectivity index (χ3v) is 5.60. The maximum atomic E-state index is 13.2. The van der Waals surface area contributed by atoms with Crippen LogP contribution in [0.1, 0.15) is 46.2 Å². The highest BCUT2D eigenvalue weighted by atomic mass is 16.3. The minimum absolute atomic E-state index is 0.0796. The molecule has 0 saturated heterocycles. The van der Waals surface area contributed by atoms with Crippen molar-refractivity contribution in [2.45, 2.75) is 40.7 Å². The number of anilines is 2. The topological polar surface area (TPSA) is 81.1 Å². The molecule has 0 saturated carbocycles. The summed E-state index contributed by atoms with van der Waals surface area (Å²) in [4.78, 5) is 30.0. The predicted octanol–water partition coefficient (Wildman–Crippen LogP) is 4.75. The van der Waals surface area contributed by atoms with Crippen LogP contribution in [0.5, 0.6) is 5.75 Å². The van der Waals surface area contributed by atoms with Crippen LogP contribution in [0.15, 0.2) is 59.9 Å². The van der Waals surface area contributed by atoms with Crippen molar-refractivity contribution in [2.75, 3.05) is 22.9 Å². The molecule has 0 bridgehead atoms. The molecule has 1 unspecified atom stereocenters. The molecule has 1 aliphatic rings. The van der Waals surface area contributed by atoms with Gasteiger partial charge in [0.15, 0.2) is 11.5 Å². The van der Waals surface area contributed by atoms with Crippen molar-refractivity contribution in [3.63, 3.8) is 0 Å². The van der Waals surface area contributed by atoms with Gasteiger partial charge in [-0.1, -0.05) is 32.9 Å². The number of carbonyl (C=O) groups is 2. The first-order valence-electron chi connectivity index (χ1n) is 10.6. The Hall–Kier alpha value is -3.28. The summed E-state index contributed by atoms with van der Waals surface area (Å²) in [6, 6.07) is 13.1. The van der Waals surface area contributed by atoms with E-state index in [2.05, 4.69) is 18.7 Å². The van der Waals surface area contributed by atoms with Crippen LogP contribution in [0.25, 0.3) is 0 Å². The average Bonchev–Trinajstić information content (AvgIpc) is 2.99. The quantitative estimate of drug-likeness (QED) is 0.702. The number of amides is 1. The Morgan fingerprint density at radius 1 is 0.968 bits per heavy atom. The van der Waals surface area contributed by atoms with Crippen molar-refractivity contribution in [3.8, 4) is 5.75 Å². The van der Waals surface area contributed by atoms with Crippen molar-refractivity contribution in [1.29, 1.82) is 0 Å². The number of carbonyl (C=O) groups excluding carboxylic acids is 2. The molecule has 0 aliphatic carbocycles. The maximum absolute atomic E-state index is 13.2. The SMILES string of the molecule is CCN(CC)c1ccc(N2C(=O)C(O)=C(C(=O)C(C)(C)C)C2c2ccc(O)cc2)cc1. The highest BCUT2D eigenvalue weighted by Gasteiger charge is 2.46. The Balaban J connectivity index is 2.12. The van der Waals surface area contributed by atoms with Crippen LogP contribution >= 0.6 is 0 Å². The number of benzene rings is 2. The molecule has 164 valence electrons. The van der Waals surface area contributed by atoms with Gasteiger partial charge in [0, 0.05) is 29.9 Å². The van der Waals surface area contributed by atoms with Gasteiger partial charge in [-0.15, -0.1) is 0 Å². The number of phenols is 1. The van der Waals surface area contributed by atoms with E-state index in [1.807, 2.05) is 24.3 Å². The molecule has 1 aliphatic heterocycles. The fourth-order valence-electron chi connectivity index (χ4n) is 3.89. The minimum atomic E-state index is -0.779. The van der Waals surface area contributed by atoms with Crippen molar-refractivity contribution < 1.29 is 19.8 Å².